The van der Waals surface area contributed by atoms with E-state index in [-0.39, 0.29) is 5.91 Å². The first kappa shape index (κ1) is 20.4. The van der Waals surface area contributed by atoms with E-state index in [9.17, 15) is 4.79 Å². The molecule has 28 heavy (non-hydrogen) atoms. The minimum Gasteiger partial charge on any atom is -0.481 e. The van der Waals surface area contributed by atoms with E-state index in [2.05, 4.69) is 41.4 Å². The van der Waals surface area contributed by atoms with Crippen molar-refractivity contribution in [1.29, 1.82) is 0 Å². The molecule has 3 rings (SSSR count). The van der Waals surface area contributed by atoms with Crippen LogP contribution in [0.3, 0.4) is 0 Å². The first-order chi connectivity index (χ1) is 13.7. The van der Waals surface area contributed by atoms with E-state index >= 15 is 0 Å². The predicted molar refractivity (Wildman–Crippen MR) is 110 cm³/mol. The number of carbonyl (C=O) groups excluding carboxylic acids is 1. The lowest BCUT2D eigenvalue weighted by atomic mass is 10.1. The Morgan fingerprint density at radius 2 is 1.79 bits per heavy atom. The molecular formula is C23H30N2O3. The van der Waals surface area contributed by atoms with Crippen molar-refractivity contribution in [1.82, 2.24) is 10.2 Å². The number of amides is 1. The van der Waals surface area contributed by atoms with Crippen LogP contribution < -0.4 is 10.1 Å². The zero-order valence-corrected chi connectivity index (χ0v) is 16.8. The first-order valence-corrected chi connectivity index (χ1v) is 10.1. The van der Waals surface area contributed by atoms with E-state index in [0.717, 1.165) is 56.1 Å². The molecule has 1 heterocycles. The number of nitrogens with one attached hydrogen (secondary N) is 1. The third-order valence-corrected chi connectivity index (χ3v) is 5.03. The van der Waals surface area contributed by atoms with E-state index in [1.54, 1.807) is 6.92 Å². The highest BCUT2D eigenvalue weighted by Crippen LogP contribution is 2.19. The van der Waals surface area contributed by atoms with Crippen molar-refractivity contribution < 1.29 is 14.3 Å². The van der Waals surface area contributed by atoms with Gasteiger partial charge in [0, 0.05) is 26.2 Å². The zero-order valence-electron chi connectivity index (χ0n) is 16.8. The molecule has 1 atom stereocenters. The Bertz CT molecular complexity index is 755. The highest BCUT2D eigenvalue weighted by molar-refractivity contribution is 5.80. The maximum atomic E-state index is 12.4. The van der Waals surface area contributed by atoms with E-state index in [0.29, 0.717) is 6.54 Å². The van der Waals surface area contributed by atoms with Crippen molar-refractivity contribution in [3.8, 4) is 5.75 Å². The van der Waals surface area contributed by atoms with Gasteiger partial charge in [0.15, 0.2) is 6.10 Å². The van der Waals surface area contributed by atoms with E-state index in [1.165, 1.54) is 5.56 Å². The minimum absolute atomic E-state index is 0.108. The Kier molecular flexibility index (Phi) is 7.46. The Labute approximate surface area is 167 Å². The Balaban J connectivity index is 1.47. The number of morpholine rings is 1. The largest absolute Gasteiger partial charge is 0.481 e. The Morgan fingerprint density at radius 3 is 2.50 bits per heavy atom. The number of hydrogen-bond donors (Lipinski definition) is 1. The van der Waals surface area contributed by atoms with Crippen LogP contribution in [0.2, 0.25) is 0 Å². The van der Waals surface area contributed by atoms with Gasteiger partial charge >= 0.3 is 0 Å². The molecule has 1 N–H and O–H groups in total. The van der Waals surface area contributed by atoms with Crippen LogP contribution in [0, 0.1) is 0 Å². The number of hydrogen-bond acceptors (Lipinski definition) is 4. The normalized spacial score (nSPS) is 15.8. The molecule has 1 aliphatic rings. The fourth-order valence-electron chi connectivity index (χ4n) is 3.27. The lowest BCUT2D eigenvalue weighted by molar-refractivity contribution is -0.127. The van der Waals surface area contributed by atoms with E-state index in [1.807, 2.05) is 24.3 Å². The van der Waals surface area contributed by atoms with Crippen molar-refractivity contribution in [3.05, 3.63) is 65.2 Å². The molecule has 0 bridgehead atoms. The number of carbonyl (C=O) groups is 1. The number of rotatable bonds is 8. The van der Waals surface area contributed by atoms with Crippen molar-refractivity contribution in [2.45, 2.75) is 39.5 Å². The standard InChI is InChI=1S/C23H30N2O3/c1-3-21-6-4-5-7-22(21)28-18(2)23(26)24-16-19-8-10-20(11-9-19)17-25-12-14-27-15-13-25/h4-11,18H,3,12-17H2,1-2H3,(H,24,26)/t18-/m0/s1. The highest BCUT2D eigenvalue weighted by atomic mass is 16.5. The third-order valence-electron chi connectivity index (χ3n) is 5.03. The number of benzene rings is 2. The molecule has 0 unspecified atom stereocenters. The van der Waals surface area contributed by atoms with Gasteiger partial charge in [-0.05, 0) is 36.1 Å². The SMILES string of the molecule is CCc1ccccc1O[C@@H](C)C(=O)NCc1ccc(CN2CCOCC2)cc1. The molecule has 1 saturated heterocycles. The van der Waals surface area contributed by atoms with Crippen LogP contribution in [0.1, 0.15) is 30.5 Å². The molecule has 0 spiro atoms. The summed E-state index contributed by atoms with van der Waals surface area (Å²) >= 11 is 0. The summed E-state index contributed by atoms with van der Waals surface area (Å²) in [6.07, 6.45) is 0.342. The van der Waals surface area contributed by atoms with Crippen molar-refractivity contribution in [2.24, 2.45) is 0 Å². The monoisotopic (exact) mass is 382 g/mol. The maximum Gasteiger partial charge on any atom is 0.261 e. The summed E-state index contributed by atoms with van der Waals surface area (Å²) in [7, 11) is 0. The molecule has 0 aliphatic carbocycles. The fourth-order valence-corrected chi connectivity index (χ4v) is 3.27. The van der Waals surface area contributed by atoms with E-state index < -0.39 is 6.10 Å². The number of aryl methyl sites for hydroxylation is 1. The van der Waals surface area contributed by atoms with Gasteiger partial charge in [-0.15, -0.1) is 0 Å². The second-order valence-electron chi connectivity index (χ2n) is 7.14. The second kappa shape index (κ2) is 10.2. The van der Waals surface area contributed by atoms with Crippen molar-refractivity contribution >= 4 is 5.91 Å². The van der Waals surface area contributed by atoms with Crippen LogP contribution in [0.25, 0.3) is 0 Å². The predicted octanol–water partition coefficient (Wildman–Crippen LogP) is 3.16. The summed E-state index contributed by atoms with van der Waals surface area (Å²) < 4.78 is 11.3. The smallest absolute Gasteiger partial charge is 0.261 e. The third kappa shape index (κ3) is 5.81. The molecule has 1 amide bonds. The first-order valence-electron chi connectivity index (χ1n) is 10.1. The van der Waals surface area contributed by atoms with Crippen LogP contribution in [-0.4, -0.2) is 43.2 Å². The highest BCUT2D eigenvalue weighted by Gasteiger charge is 2.16. The quantitative estimate of drug-likeness (QED) is 0.762. The van der Waals surface area contributed by atoms with Gasteiger partial charge in [0.1, 0.15) is 5.75 Å². The van der Waals surface area contributed by atoms with Crippen LogP contribution in [0.5, 0.6) is 5.75 Å². The summed E-state index contributed by atoms with van der Waals surface area (Å²) in [4.78, 5) is 14.8. The van der Waals surface area contributed by atoms with Crippen molar-refractivity contribution in [3.63, 3.8) is 0 Å². The summed E-state index contributed by atoms with van der Waals surface area (Å²) in [6, 6.07) is 16.3. The number of ether oxygens (including phenoxy) is 2. The van der Waals surface area contributed by atoms with E-state index in [4.69, 9.17) is 9.47 Å². The maximum absolute atomic E-state index is 12.4. The van der Waals surface area contributed by atoms with Gasteiger partial charge in [-0.3, -0.25) is 9.69 Å². The van der Waals surface area contributed by atoms with Gasteiger partial charge in [0.05, 0.1) is 13.2 Å². The van der Waals surface area contributed by atoms with Crippen LogP contribution in [-0.2, 0) is 29.0 Å². The molecule has 2 aromatic carbocycles. The number of para-hydroxylation sites is 1. The topological polar surface area (TPSA) is 50.8 Å². The van der Waals surface area contributed by atoms with Crippen LogP contribution in [0.4, 0.5) is 0 Å². The van der Waals surface area contributed by atoms with Gasteiger partial charge in [0.25, 0.3) is 5.91 Å². The average Bonchev–Trinajstić information content (AvgIpc) is 2.74. The molecular weight excluding hydrogens is 352 g/mol. The van der Waals surface area contributed by atoms with Crippen LogP contribution >= 0.6 is 0 Å². The summed E-state index contributed by atoms with van der Waals surface area (Å²) in [5.74, 6) is 0.670. The van der Waals surface area contributed by atoms with Gasteiger partial charge in [0.2, 0.25) is 0 Å². The molecule has 0 saturated carbocycles. The lowest BCUT2D eigenvalue weighted by Crippen LogP contribution is -2.36. The molecule has 1 aliphatic heterocycles. The Morgan fingerprint density at radius 1 is 1.11 bits per heavy atom. The van der Waals surface area contributed by atoms with Crippen molar-refractivity contribution in [2.75, 3.05) is 26.3 Å². The average molecular weight is 383 g/mol. The molecule has 0 radical (unpaired) electrons. The molecule has 150 valence electrons. The zero-order chi connectivity index (χ0) is 19.8. The number of nitrogens with zero attached hydrogens (tertiary/aromatic N) is 1. The van der Waals surface area contributed by atoms with Crippen LogP contribution in [0.15, 0.2) is 48.5 Å². The molecule has 2 aromatic rings. The summed E-state index contributed by atoms with van der Waals surface area (Å²) in [6.45, 7) is 8.90. The molecule has 5 nitrogen and oxygen atoms in total. The van der Waals surface area contributed by atoms with Gasteiger partial charge in [-0.1, -0.05) is 49.4 Å². The van der Waals surface area contributed by atoms with Gasteiger partial charge < -0.3 is 14.8 Å². The second-order valence-corrected chi connectivity index (χ2v) is 7.14. The van der Waals surface area contributed by atoms with Gasteiger partial charge in [-0.25, -0.2) is 0 Å². The summed E-state index contributed by atoms with van der Waals surface area (Å²) in [5, 5.41) is 2.97. The Hall–Kier alpha value is -2.37. The molecule has 1 fully saturated rings. The van der Waals surface area contributed by atoms with Gasteiger partial charge in [-0.2, -0.15) is 0 Å². The summed E-state index contributed by atoms with van der Waals surface area (Å²) in [5.41, 5.74) is 3.48. The fraction of sp³-hybridized carbons (Fsp3) is 0.435. The lowest BCUT2D eigenvalue weighted by Gasteiger charge is -2.26. The molecule has 5 heteroatoms. The minimum atomic E-state index is -0.534. The molecule has 0 aromatic heterocycles.